The van der Waals surface area contributed by atoms with E-state index in [2.05, 4.69) is 128 Å². The molecule has 0 N–H and O–H groups in total. The highest BCUT2D eigenvalue weighted by Gasteiger charge is 2.20. The maximum Gasteiger partial charge on any atom is 0.0541 e. The normalized spacial score (nSPS) is 12.4. The molecule has 1 nitrogen and oxygen atoms in total. The molecule has 7 rings (SSSR count). The van der Waals surface area contributed by atoms with Gasteiger partial charge in [-0.15, -0.1) is 0 Å². The van der Waals surface area contributed by atoms with Crippen molar-refractivity contribution in [1.82, 2.24) is 4.57 Å². The van der Waals surface area contributed by atoms with E-state index in [0.717, 1.165) is 6.42 Å². The Bertz CT molecular complexity index is 1730. The van der Waals surface area contributed by atoms with E-state index in [4.69, 9.17) is 0 Å². The lowest BCUT2D eigenvalue weighted by molar-refractivity contribution is 0.866. The summed E-state index contributed by atoms with van der Waals surface area (Å²) in [6.45, 7) is 4.55. The molecule has 1 aliphatic carbocycles. The van der Waals surface area contributed by atoms with Crippen LogP contribution < -0.4 is 0 Å². The maximum absolute atomic E-state index is 2.41. The van der Waals surface area contributed by atoms with E-state index in [-0.39, 0.29) is 0 Å². The predicted octanol–water partition coefficient (Wildman–Crippen LogP) is 9.15. The minimum atomic E-state index is 0.539. The smallest absolute Gasteiger partial charge is 0.0541 e. The van der Waals surface area contributed by atoms with Crippen molar-refractivity contribution in [2.24, 2.45) is 0 Å². The van der Waals surface area contributed by atoms with Gasteiger partial charge in [-0.05, 0) is 87.7 Å². The predicted molar refractivity (Wildman–Crippen MR) is 149 cm³/mol. The summed E-state index contributed by atoms with van der Waals surface area (Å²) >= 11 is 0. The average molecular weight is 450 g/mol. The SMILES string of the molecule is CC(C)c1ccc2c(c1)-c1cc(-c3ccc4c(c3)c3ccccc3n4-c3ccccc3)ccc1C2. The number of para-hydroxylation sites is 2. The summed E-state index contributed by atoms with van der Waals surface area (Å²) in [6.07, 6.45) is 1.03. The van der Waals surface area contributed by atoms with Crippen LogP contribution in [0, 0.1) is 0 Å². The molecule has 1 heteroatoms. The van der Waals surface area contributed by atoms with E-state index >= 15 is 0 Å². The second-order valence-corrected chi connectivity index (χ2v) is 10.0. The molecule has 0 spiro atoms. The summed E-state index contributed by atoms with van der Waals surface area (Å²) in [5, 5.41) is 2.59. The Labute approximate surface area is 206 Å². The first kappa shape index (κ1) is 20.3. The van der Waals surface area contributed by atoms with Gasteiger partial charge in [0.1, 0.15) is 0 Å². The Morgan fingerprint density at radius 2 is 1.23 bits per heavy atom. The molecule has 0 saturated carbocycles. The van der Waals surface area contributed by atoms with Gasteiger partial charge in [-0.25, -0.2) is 0 Å². The summed E-state index contributed by atoms with van der Waals surface area (Å²) in [6, 6.07) is 40.4. The van der Waals surface area contributed by atoms with Gasteiger partial charge in [-0.3, -0.25) is 0 Å². The van der Waals surface area contributed by atoms with E-state index in [1.807, 2.05) is 0 Å². The average Bonchev–Trinajstić information content (AvgIpc) is 3.43. The van der Waals surface area contributed by atoms with Crippen molar-refractivity contribution in [3.8, 4) is 27.9 Å². The minimum absolute atomic E-state index is 0.539. The van der Waals surface area contributed by atoms with Crippen LogP contribution in [0.1, 0.15) is 36.5 Å². The Kier molecular flexibility index (Phi) is 4.47. The number of rotatable bonds is 3. The zero-order valence-corrected chi connectivity index (χ0v) is 20.1. The molecule has 0 atom stereocenters. The number of nitrogens with zero attached hydrogens (tertiary/aromatic N) is 1. The minimum Gasteiger partial charge on any atom is -0.309 e. The van der Waals surface area contributed by atoms with Gasteiger partial charge >= 0.3 is 0 Å². The molecular weight excluding hydrogens is 422 g/mol. The molecule has 1 heterocycles. The van der Waals surface area contributed by atoms with Crippen molar-refractivity contribution >= 4 is 21.8 Å². The number of hydrogen-bond acceptors (Lipinski definition) is 0. The van der Waals surface area contributed by atoms with Crippen LogP contribution in [0.4, 0.5) is 0 Å². The summed E-state index contributed by atoms with van der Waals surface area (Å²) in [5.41, 5.74) is 13.3. The third-order valence-electron chi connectivity index (χ3n) is 7.60. The Hall–Kier alpha value is -4.10. The van der Waals surface area contributed by atoms with Crippen molar-refractivity contribution < 1.29 is 0 Å². The van der Waals surface area contributed by atoms with Gasteiger partial charge in [0.15, 0.2) is 0 Å². The second-order valence-electron chi connectivity index (χ2n) is 10.0. The fourth-order valence-corrected chi connectivity index (χ4v) is 5.73. The highest BCUT2D eigenvalue weighted by atomic mass is 15.0. The second kappa shape index (κ2) is 7.71. The van der Waals surface area contributed by atoms with Crippen molar-refractivity contribution in [1.29, 1.82) is 0 Å². The fraction of sp³-hybridized carbons (Fsp3) is 0.118. The van der Waals surface area contributed by atoms with Gasteiger partial charge in [0.05, 0.1) is 11.0 Å². The molecule has 6 aromatic rings. The van der Waals surface area contributed by atoms with Crippen LogP contribution in [0.2, 0.25) is 0 Å². The number of benzene rings is 5. The van der Waals surface area contributed by atoms with Crippen LogP contribution in [0.3, 0.4) is 0 Å². The summed E-state index contributed by atoms with van der Waals surface area (Å²) < 4.78 is 2.38. The van der Waals surface area contributed by atoms with Crippen molar-refractivity contribution in [2.75, 3.05) is 0 Å². The molecule has 0 unspecified atom stereocenters. The third-order valence-corrected chi connectivity index (χ3v) is 7.60. The number of aromatic nitrogens is 1. The molecule has 0 amide bonds. The van der Waals surface area contributed by atoms with Crippen LogP contribution in [0.5, 0.6) is 0 Å². The van der Waals surface area contributed by atoms with E-state index in [0.29, 0.717) is 5.92 Å². The lowest BCUT2D eigenvalue weighted by Gasteiger charge is -2.10. The largest absolute Gasteiger partial charge is 0.309 e. The van der Waals surface area contributed by atoms with E-state index in [1.165, 1.54) is 66.4 Å². The first-order valence-corrected chi connectivity index (χ1v) is 12.5. The molecule has 35 heavy (non-hydrogen) atoms. The van der Waals surface area contributed by atoms with Crippen molar-refractivity contribution in [3.63, 3.8) is 0 Å². The van der Waals surface area contributed by atoms with Gasteiger partial charge in [0.25, 0.3) is 0 Å². The van der Waals surface area contributed by atoms with Crippen LogP contribution in [-0.2, 0) is 6.42 Å². The molecule has 0 saturated heterocycles. The number of hydrogen-bond donors (Lipinski definition) is 0. The van der Waals surface area contributed by atoms with Gasteiger partial charge in [-0.1, -0.05) is 86.6 Å². The van der Waals surface area contributed by atoms with E-state index in [1.54, 1.807) is 0 Å². The fourth-order valence-electron chi connectivity index (χ4n) is 5.73. The molecule has 0 aliphatic heterocycles. The molecule has 1 aromatic heterocycles. The van der Waals surface area contributed by atoms with Gasteiger partial charge in [0, 0.05) is 16.5 Å². The highest BCUT2D eigenvalue weighted by molar-refractivity contribution is 6.10. The maximum atomic E-state index is 2.41. The first-order valence-electron chi connectivity index (χ1n) is 12.5. The Morgan fingerprint density at radius 3 is 2.06 bits per heavy atom. The number of fused-ring (bicyclic) bond motifs is 6. The molecule has 0 fully saturated rings. The van der Waals surface area contributed by atoms with Crippen molar-refractivity contribution in [3.05, 3.63) is 126 Å². The lowest BCUT2D eigenvalue weighted by atomic mass is 9.95. The van der Waals surface area contributed by atoms with Crippen LogP contribution in [0.15, 0.2) is 109 Å². The molecule has 0 bridgehead atoms. The molecule has 168 valence electrons. The zero-order chi connectivity index (χ0) is 23.5. The van der Waals surface area contributed by atoms with Crippen LogP contribution in [0.25, 0.3) is 49.7 Å². The van der Waals surface area contributed by atoms with Crippen LogP contribution >= 0.6 is 0 Å². The summed E-state index contributed by atoms with van der Waals surface area (Å²) in [4.78, 5) is 0. The quantitative estimate of drug-likeness (QED) is 0.253. The Balaban J connectivity index is 1.40. The summed E-state index contributed by atoms with van der Waals surface area (Å²) in [5.74, 6) is 0.539. The topological polar surface area (TPSA) is 4.93 Å². The first-order chi connectivity index (χ1) is 17.2. The molecule has 1 aliphatic rings. The van der Waals surface area contributed by atoms with E-state index < -0.39 is 0 Å². The van der Waals surface area contributed by atoms with Crippen LogP contribution in [-0.4, -0.2) is 4.57 Å². The van der Waals surface area contributed by atoms with Gasteiger partial charge in [0.2, 0.25) is 0 Å². The monoisotopic (exact) mass is 449 g/mol. The van der Waals surface area contributed by atoms with Gasteiger partial charge < -0.3 is 4.57 Å². The van der Waals surface area contributed by atoms with E-state index in [9.17, 15) is 0 Å². The standard InChI is InChI=1S/C34H27N/c1-22(2)23-12-14-26-18-27-15-13-24(20-31(27)30(26)19-23)25-16-17-34-32(21-25)29-10-6-7-11-33(29)35(34)28-8-4-3-5-9-28/h3-17,19-22H,18H2,1-2H3. The highest BCUT2D eigenvalue weighted by Crippen LogP contribution is 2.41. The molecule has 0 radical (unpaired) electrons. The molecule has 5 aromatic carbocycles. The van der Waals surface area contributed by atoms with Gasteiger partial charge in [-0.2, -0.15) is 0 Å². The molecular formula is C34H27N. The zero-order valence-electron chi connectivity index (χ0n) is 20.1. The Morgan fingerprint density at radius 1 is 0.571 bits per heavy atom. The summed E-state index contributed by atoms with van der Waals surface area (Å²) in [7, 11) is 0. The van der Waals surface area contributed by atoms with Crippen molar-refractivity contribution in [2.45, 2.75) is 26.2 Å². The lowest BCUT2D eigenvalue weighted by Crippen LogP contribution is -1.92. The third kappa shape index (κ3) is 3.15.